The monoisotopic (exact) mass is 538 g/mol. The molecule has 40 heavy (non-hydrogen) atoms. The third-order valence-electron chi connectivity index (χ3n) is 7.20. The van der Waals surface area contributed by atoms with E-state index in [2.05, 4.69) is 34.8 Å². The fraction of sp³-hybridized carbons (Fsp3) is 0.400. The van der Waals surface area contributed by atoms with Gasteiger partial charge in [-0.05, 0) is 49.9 Å². The number of esters is 1. The molecule has 0 aliphatic carbocycles. The van der Waals surface area contributed by atoms with Gasteiger partial charge >= 0.3 is 5.97 Å². The van der Waals surface area contributed by atoms with Crippen LogP contribution in [0.15, 0.2) is 42.7 Å². The number of carbonyl (C=O) groups excluding carboxylic acids is 1. The van der Waals surface area contributed by atoms with E-state index in [-0.39, 0.29) is 24.1 Å². The van der Waals surface area contributed by atoms with Crippen LogP contribution in [0.4, 0.5) is 11.6 Å². The minimum Gasteiger partial charge on any atom is -0.461 e. The SMILES string of the molecule is CCOC(=O)c1cc(-c2cnc(N3CCC(C#N)CC3)nc2)c2c(C(C)C)nn(-c3cccc(N(C)C)c3)c2n1. The molecule has 0 unspecified atom stereocenters. The Kier molecular flexibility index (Phi) is 7.65. The van der Waals surface area contributed by atoms with E-state index in [0.717, 1.165) is 59.5 Å². The first-order chi connectivity index (χ1) is 19.3. The lowest BCUT2D eigenvalue weighted by atomic mass is 9.98. The fourth-order valence-electron chi connectivity index (χ4n) is 5.00. The zero-order chi connectivity index (χ0) is 28.4. The summed E-state index contributed by atoms with van der Waals surface area (Å²) in [5.74, 6) is 0.323. The van der Waals surface area contributed by atoms with Crippen LogP contribution in [0.3, 0.4) is 0 Å². The molecule has 0 saturated carbocycles. The van der Waals surface area contributed by atoms with Gasteiger partial charge < -0.3 is 14.5 Å². The van der Waals surface area contributed by atoms with Gasteiger partial charge in [0, 0.05) is 62.3 Å². The second kappa shape index (κ2) is 11.3. The van der Waals surface area contributed by atoms with E-state index in [1.807, 2.05) is 43.3 Å². The zero-order valence-corrected chi connectivity index (χ0v) is 23.6. The number of ether oxygens (including phenoxy) is 1. The van der Waals surface area contributed by atoms with Crippen molar-refractivity contribution in [3.05, 3.63) is 54.1 Å². The van der Waals surface area contributed by atoms with E-state index in [1.54, 1.807) is 30.1 Å². The van der Waals surface area contributed by atoms with Gasteiger partial charge in [-0.25, -0.2) is 24.4 Å². The van der Waals surface area contributed by atoms with Gasteiger partial charge in [0.15, 0.2) is 11.3 Å². The lowest BCUT2D eigenvalue weighted by Gasteiger charge is -2.29. The largest absolute Gasteiger partial charge is 0.461 e. The third kappa shape index (κ3) is 5.19. The maximum atomic E-state index is 12.9. The molecular weight excluding hydrogens is 504 g/mol. The van der Waals surface area contributed by atoms with E-state index in [1.165, 1.54) is 0 Å². The van der Waals surface area contributed by atoms with Crippen LogP contribution in [0.2, 0.25) is 0 Å². The van der Waals surface area contributed by atoms with Crippen LogP contribution in [0.5, 0.6) is 0 Å². The highest BCUT2D eigenvalue weighted by atomic mass is 16.5. The van der Waals surface area contributed by atoms with Crippen molar-refractivity contribution in [1.29, 1.82) is 5.26 Å². The van der Waals surface area contributed by atoms with Crippen molar-refractivity contribution in [2.45, 2.75) is 39.5 Å². The summed E-state index contributed by atoms with van der Waals surface area (Å²) in [6.07, 6.45) is 5.19. The first-order valence-corrected chi connectivity index (χ1v) is 13.7. The Morgan fingerprint density at radius 3 is 2.52 bits per heavy atom. The predicted octanol–water partition coefficient (Wildman–Crippen LogP) is 4.98. The molecule has 3 aromatic heterocycles. The number of aromatic nitrogens is 5. The molecule has 10 heteroatoms. The first kappa shape index (κ1) is 27.1. The highest BCUT2D eigenvalue weighted by Crippen LogP contribution is 2.36. The first-order valence-electron chi connectivity index (χ1n) is 13.7. The molecule has 1 saturated heterocycles. The van der Waals surface area contributed by atoms with Crippen molar-refractivity contribution in [2.24, 2.45) is 5.92 Å². The van der Waals surface area contributed by atoms with Gasteiger partial charge in [-0.1, -0.05) is 19.9 Å². The number of fused-ring (bicyclic) bond motifs is 1. The summed E-state index contributed by atoms with van der Waals surface area (Å²) in [7, 11) is 3.98. The fourth-order valence-corrected chi connectivity index (χ4v) is 5.00. The number of rotatable bonds is 7. The maximum absolute atomic E-state index is 12.9. The molecule has 206 valence electrons. The molecular formula is C30H34N8O2. The molecule has 0 N–H and O–H groups in total. The van der Waals surface area contributed by atoms with Crippen LogP contribution < -0.4 is 9.80 Å². The van der Waals surface area contributed by atoms with Gasteiger partial charge in [-0.15, -0.1) is 0 Å². The van der Waals surface area contributed by atoms with E-state index < -0.39 is 5.97 Å². The summed E-state index contributed by atoms with van der Waals surface area (Å²) in [4.78, 5) is 31.2. The Bertz CT molecular complexity index is 1560. The average Bonchev–Trinajstić information content (AvgIpc) is 3.37. The number of hydrogen-bond acceptors (Lipinski definition) is 9. The molecule has 0 spiro atoms. The van der Waals surface area contributed by atoms with Crippen molar-refractivity contribution in [2.75, 3.05) is 43.6 Å². The quantitative estimate of drug-likeness (QED) is 0.301. The molecule has 1 aliphatic heterocycles. The van der Waals surface area contributed by atoms with Crippen LogP contribution >= 0.6 is 0 Å². The van der Waals surface area contributed by atoms with Crippen molar-refractivity contribution in [1.82, 2.24) is 24.7 Å². The van der Waals surface area contributed by atoms with Gasteiger partial charge in [0.25, 0.3) is 0 Å². The van der Waals surface area contributed by atoms with E-state index in [0.29, 0.717) is 11.6 Å². The van der Waals surface area contributed by atoms with Crippen molar-refractivity contribution in [3.8, 4) is 22.9 Å². The van der Waals surface area contributed by atoms with Crippen LogP contribution in [-0.4, -0.2) is 64.5 Å². The molecule has 5 rings (SSSR count). The second-order valence-corrected chi connectivity index (χ2v) is 10.5. The molecule has 1 aromatic carbocycles. The van der Waals surface area contributed by atoms with Crippen LogP contribution in [0, 0.1) is 17.2 Å². The summed E-state index contributed by atoms with van der Waals surface area (Å²) in [5.41, 5.74) is 5.05. The summed E-state index contributed by atoms with van der Waals surface area (Å²) in [6, 6.07) is 12.2. The number of anilines is 2. The summed E-state index contributed by atoms with van der Waals surface area (Å²) in [6.45, 7) is 7.71. The van der Waals surface area contributed by atoms with E-state index in [9.17, 15) is 10.1 Å². The molecule has 0 amide bonds. The molecule has 0 radical (unpaired) electrons. The van der Waals surface area contributed by atoms with E-state index >= 15 is 0 Å². The molecule has 1 aliphatic rings. The molecule has 10 nitrogen and oxygen atoms in total. The number of nitrogens with zero attached hydrogens (tertiary/aromatic N) is 8. The molecule has 0 bridgehead atoms. The van der Waals surface area contributed by atoms with Crippen molar-refractivity contribution in [3.63, 3.8) is 0 Å². The smallest absolute Gasteiger partial charge is 0.357 e. The van der Waals surface area contributed by atoms with Crippen LogP contribution in [-0.2, 0) is 4.74 Å². The summed E-state index contributed by atoms with van der Waals surface area (Å²) in [5, 5.41) is 15.1. The number of nitriles is 1. The number of pyridine rings is 1. The summed E-state index contributed by atoms with van der Waals surface area (Å²) >= 11 is 0. The molecule has 4 heterocycles. The number of piperidine rings is 1. The van der Waals surface area contributed by atoms with Gasteiger partial charge in [-0.2, -0.15) is 10.4 Å². The highest BCUT2D eigenvalue weighted by Gasteiger charge is 2.25. The maximum Gasteiger partial charge on any atom is 0.357 e. The van der Waals surface area contributed by atoms with Gasteiger partial charge in [-0.3, -0.25) is 0 Å². The zero-order valence-electron chi connectivity index (χ0n) is 23.6. The minimum absolute atomic E-state index is 0.0892. The number of benzene rings is 1. The Hall–Kier alpha value is -4.52. The Morgan fingerprint density at radius 1 is 1.18 bits per heavy atom. The Morgan fingerprint density at radius 2 is 1.90 bits per heavy atom. The Balaban J connectivity index is 1.66. The van der Waals surface area contributed by atoms with Gasteiger partial charge in [0.1, 0.15) is 0 Å². The normalized spacial score (nSPS) is 14.0. The third-order valence-corrected chi connectivity index (χ3v) is 7.20. The van der Waals surface area contributed by atoms with Crippen molar-refractivity contribution < 1.29 is 9.53 Å². The standard InChI is InChI=1S/C30H34N8O2/c1-6-40-29(39)25-15-24(21-17-32-30(33-18-21)37-12-10-20(16-31)11-13-37)26-27(19(2)3)35-38(28(26)34-25)23-9-7-8-22(14-23)36(4)5/h7-9,14-15,17-20H,6,10-13H2,1-5H3. The number of hydrogen-bond donors (Lipinski definition) is 0. The highest BCUT2D eigenvalue weighted by molar-refractivity contribution is 6.00. The van der Waals surface area contributed by atoms with E-state index in [4.69, 9.17) is 14.8 Å². The van der Waals surface area contributed by atoms with Crippen LogP contribution in [0.1, 0.15) is 55.7 Å². The lowest BCUT2D eigenvalue weighted by molar-refractivity contribution is 0.0520. The average molecular weight is 539 g/mol. The molecule has 1 fully saturated rings. The second-order valence-electron chi connectivity index (χ2n) is 10.5. The van der Waals surface area contributed by atoms with Crippen molar-refractivity contribution >= 4 is 28.6 Å². The Labute approximate surface area is 234 Å². The lowest BCUT2D eigenvalue weighted by Crippen LogP contribution is -2.34. The van der Waals surface area contributed by atoms with Gasteiger partial charge in [0.2, 0.25) is 5.95 Å². The molecule has 4 aromatic rings. The summed E-state index contributed by atoms with van der Waals surface area (Å²) < 4.78 is 7.14. The van der Waals surface area contributed by atoms with Crippen LogP contribution in [0.25, 0.3) is 27.8 Å². The molecule has 0 atom stereocenters. The van der Waals surface area contributed by atoms with Gasteiger partial charge in [0.05, 0.1) is 29.4 Å². The predicted molar refractivity (Wildman–Crippen MR) is 155 cm³/mol. The number of carbonyl (C=O) groups is 1. The topological polar surface area (TPSA) is 113 Å². The minimum atomic E-state index is -0.496.